The molecule has 0 amide bonds. The van der Waals surface area contributed by atoms with Gasteiger partial charge in [-0.05, 0) is 33.6 Å². The third kappa shape index (κ3) is 4.71. The molecule has 1 atom stereocenters. The van der Waals surface area contributed by atoms with Gasteiger partial charge in [0.25, 0.3) is 0 Å². The molecular formula is C11H11BrF3NO3. The molecule has 8 heteroatoms. The fraction of sp³-hybridized carbons (Fsp3) is 0.364. The lowest BCUT2D eigenvalue weighted by atomic mass is 10.1. The van der Waals surface area contributed by atoms with E-state index < -0.39 is 24.7 Å². The van der Waals surface area contributed by atoms with Crippen LogP contribution in [0.5, 0.6) is 5.75 Å². The maximum atomic E-state index is 12.1. The van der Waals surface area contributed by atoms with Crippen LogP contribution in [-0.2, 0) is 4.79 Å². The Morgan fingerprint density at radius 2 is 2.16 bits per heavy atom. The van der Waals surface area contributed by atoms with Gasteiger partial charge in [0.1, 0.15) is 11.8 Å². The summed E-state index contributed by atoms with van der Waals surface area (Å²) in [7, 11) is 1.43. The highest BCUT2D eigenvalue weighted by molar-refractivity contribution is 9.10. The minimum atomic E-state index is -4.47. The average Bonchev–Trinajstić information content (AvgIpc) is 2.27. The number of methoxy groups -OCH3 is 1. The lowest BCUT2D eigenvalue weighted by Crippen LogP contribution is -2.36. The molecule has 0 aromatic heterocycles. The first-order valence-electron chi connectivity index (χ1n) is 5.11. The maximum Gasteiger partial charge on any atom is 0.401 e. The molecule has 19 heavy (non-hydrogen) atoms. The van der Waals surface area contributed by atoms with Crippen LogP contribution < -0.4 is 10.1 Å². The van der Waals surface area contributed by atoms with Crippen LogP contribution in [0.1, 0.15) is 11.6 Å². The van der Waals surface area contributed by atoms with E-state index in [2.05, 4.69) is 15.9 Å². The molecule has 0 radical (unpaired) electrons. The number of hydrogen-bond acceptors (Lipinski definition) is 3. The Morgan fingerprint density at radius 3 is 2.58 bits per heavy atom. The molecule has 0 aliphatic rings. The van der Waals surface area contributed by atoms with Gasteiger partial charge in [0.2, 0.25) is 0 Å². The van der Waals surface area contributed by atoms with E-state index in [1.165, 1.54) is 25.3 Å². The standard InChI is InChI=1S/C11H11BrF3NO3/c1-19-8-3-2-6(4-7(8)12)9(10(17)18)16-5-11(13,14)15/h2-4,9,16H,5H2,1H3,(H,17,18). The highest BCUT2D eigenvalue weighted by Gasteiger charge is 2.30. The van der Waals surface area contributed by atoms with Gasteiger partial charge in [-0.15, -0.1) is 0 Å². The Kier molecular flexibility index (Phi) is 5.19. The van der Waals surface area contributed by atoms with Gasteiger partial charge in [0.15, 0.2) is 0 Å². The van der Waals surface area contributed by atoms with E-state index in [-0.39, 0.29) is 5.56 Å². The number of nitrogens with one attached hydrogen (secondary N) is 1. The zero-order chi connectivity index (χ0) is 14.6. The van der Waals surface area contributed by atoms with Crippen LogP contribution in [0, 0.1) is 0 Å². The van der Waals surface area contributed by atoms with Crippen molar-refractivity contribution < 1.29 is 27.8 Å². The number of halogens is 4. The van der Waals surface area contributed by atoms with E-state index in [1.54, 1.807) is 0 Å². The van der Waals surface area contributed by atoms with Gasteiger partial charge in [-0.2, -0.15) is 13.2 Å². The molecular weight excluding hydrogens is 331 g/mol. The molecule has 1 aromatic rings. The van der Waals surface area contributed by atoms with Gasteiger partial charge in [-0.1, -0.05) is 6.07 Å². The number of carboxylic acid groups (broad SMARTS) is 1. The Morgan fingerprint density at radius 1 is 1.53 bits per heavy atom. The summed E-state index contributed by atoms with van der Waals surface area (Å²) in [5.41, 5.74) is 0.199. The van der Waals surface area contributed by atoms with E-state index in [9.17, 15) is 18.0 Å². The Balaban J connectivity index is 2.93. The molecule has 2 N–H and O–H groups in total. The molecule has 0 saturated carbocycles. The van der Waals surface area contributed by atoms with Crippen molar-refractivity contribution in [2.45, 2.75) is 12.2 Å². The fourth-order valence-corrected chi connectivity index (χ4v) is 1.99. The fourth-order valence-electron chi connectivity index (χ4n) is 1.43. The largest absolute Gasteiger partial charge is 0.496 e. The topological polar surface area (TPSA) is 58.6 Å². The van der Waals surface area contributed by atoms with E-state index in [0.29, 0.717) is 10.2 Å². The average molecular weight is 342 g/mol. The van der Waals surface area contributed by atoms with E-state index in [0.717, 1.165) is 0 Å². The van der Waals surface area contributed by atoms with Crippen LogP contribution in [0.2, 0.25) is 0 Å². The summed E-state index contributed by atoms with van der Waals surface area (Å²) in [5, 5.41) is 10.9. The normalized spacial score (nSPS) is 13.1. The second-order valence-electron chi connectivity index (χ2n) is 3.66. The molecule has 0 aliphatic carbocycles. The molecule has 106 valence electrons. The summed E-state index contributed by atoms with van der Waals surface area (Å²) >= 11 is 3.15. The van der Waals surface area contributed by atoms with Crippen molar-refractivity contribution >= 4 is 21.9 Å². The van der Waals surface area contributed by atoms with Crippen molar-refractivity contribution in [2.75, 3.05) is 13.7 Å². The van der Waals surface area contributed by atoms with Crippen molar-refractivity contribution in [1.82, 2.24) is 5.32 Å². The number of carbonyl (C=O) groups is 1. The van der Waals surface area contributed by atoms with Crippen molar-refractivity contribution in [3.8, 4) is 5.75 Å². The van der Waals surface area contributed by atoms with Crippen molar-refractivity contribution in [3.63, 3.8) is 0 Å². The maximum absolute atomic E-state index is 12.1. The van der Waals surface area contributed by atoms with Crippen LogP contribution in [0.3, 0.4) is 0 Å². The lowest BCUT2D eigenvalue weighted by molar-refractivity contribution is -0.143. The number of carboxylic acids is 1. The summed E-state index contributed by atoms with van der Waals surface area (Å²) in [6, 6.07) is 2.83. The second-order valence-corrected chi connectivity index (χ2v) is 4.52. The van der Waals surface area contributed by atoms with E-state index in [1.807, 2.05) is 5.32 Å². The van der Waals surface area contributed by atoms with Crippen LogP contribution >= 0.6 is 15.9 Å². The van der Waals surface area contributed by atoms with Crippen molar-refractivity contribution in [2.24, 2.45) is 0 Å². The molecule has 1 aromatic carbocycles. The first-order valence-corrected chi connectivity index (χ1v) is 5.90. The highest BCUT2D eigenvalue weighted by atomic mass is 79.9. The zero-order valence-corrected chi connectivity index (χ0v) is 11.4. The van der Waals surface area contributed by atoms with E-state index in [4.69, 9.17) is 9.84 Å². The van der Waals surface area contributed by atoms with Crippen molar-refractivity contribution in [3.05, 3.63) is 28.2 Å². The van der Waals surface area contributed by atoms with Gasteiger partial charge in [0.05, 0.1) is 18.1 Å². The van der Waals surface area contributed by atoms with Gasteiger partial charge < -0.3 is 9.84 Å². The van der Waals surface area contributed by atoms with Crippen LogP contribution in [-0.4, -0.2) is 30.9 Å². The summed E-state index contributed by atoms with van der Waals surface area (Å²) in [4.78, 5) is 11.0. The third-order valence-corrected chi connectivity index (χ3v) is 2.88. The first kappa shape index (κ1) is 15.8. The van der Waals surface area contributed by atoms with E-state index >= 15 is 0 Å². The second kappa shape index (κ2) is 6.25. The molecule has 0 fully saturated rings. The molecule has 0 bridgehead atoms. The summed E-state index contributed by atoms with van der Waals surface area (Å²) < 4.78 is 41.8. The lowest BCUT2D eigenvalue weighted by Gasteiger charge is -2.17. The summed E-state index contributed by atoms with van der Waals surface area (Å²) in [5.74, 6) is -0.926. The Hall–Kier alpha value is -1.28. The summed E-state index contributed by atoms with van der Waals surface area (Å²) in [6.07, 6.45) is -4.47. The molecule has 1 rings (SSSR count). The van der Waals surface area contributed by atoms with Crippen LogP contribution in [0.15, 0.2) is 22.7 Å². The molecule has 1 unspecified atom stereocenters. The number of aliphatic carboxylic acids is 1. The predicted molar refractivity (Wildman–Crippen MR) is 65.1 cm³/mol. The smallest absolute Gasteiger partial charge is 0.401 e. The van der Waals surface area contributed by atoms with Crippen molar-refractivity contribution in [1.29, 1.82) is 0 Å². The number of ether oxygens (including phenoxy) is 1. The SMILES string of the molecule is COc1ccc(C(NCC(F)(F)F)C(=O)O)cc1Br. The van der Waals surface area contributed by atoms with Gasteiger partial charge in [-0.25, -0.2) is 0 Å². The Bertz CT molecular complexity index is 465. The third-order valence-electron chi connectivity index (χ3n) is 2.26. The number of hydrogen-bond donors (Lipinski definition) is 2. The molecule has 0 heterocycles. The number of rotatable bonds is 5. The highest BCUT2D eigenvalue weighted by Crippen LogP contribution is 2.28. The van der Waals surface area contributed by atoms with Gasteiger partial charge in [-0.3, -0.25) is 10.1 Å². The molecule has 0 spiro atoms. The molecule has 4 nitrogen and oxygen atoms in total. The summed E-state index contributed by atoms with van der Waals surface area (Å²) in [6.45, 7) is -1.38. The minimum absolute atomic E-state index is 0.199. The first-order chi connectivity index (χ1) is 8.74. The molecule has 0 aliphatic heterocycles. The number of benzene rings is 1. The molecule has 0 saturated heterocycles. The minimum Gasteiger partial charge on any atom is -0.496 e. The monoisotopic (exact) mass is 341 g/mol. The Labute approximate surface area is 115 Å². The predicted octanol–water partition coefficient (Wildman–Crippen LogP) is 2.74. The quantitative estimate of drug-likeness (QED) is 0.864. The van der Waals surface area contributed by atoms with Gasteiger partial charge >= 0.3 is 12.1 Å². The van der Waals surface area contributed by atoms with Gasteiger partial charge in [0, 0.05) is 0 Å². The number of alkyl halides is 3. The van der Waals surface area contributed by atoms with Crippen LogP contribution in [0.25, 0.3) is 0 Å². The van der Waals surface area contributed by atoms with Crippen LogP contribution in [0.4, 0.5) is 13.2 Å². The zero-order valence-electron chi connectivity index (χ0n) is 9.79.